The van der Waals surface area contributed by atoms with Gasteiger partial charge in [0, 0.05) is 22.7 Å². The van der Waals surface area contributed by atoms with E-state index in [1.807, 2.05) is 6.20 Å². The van der Waals surface area contributed by atoms with Crippen molar-refractivity contribution in [3.05, 3.63) is 113 Å². The quantitative estimate of drug-likeness (QED) is 0.271. The third-order valence-corrected chi connectivity index (χ3v) is 8.11. The van der Waals surface area contributed by atoms with Crippen molar-refractivity contribution in [1.29, 1.82) is 0 Å². The molecule has 0 aliphatic carbocycles. The molecule has 0 bridgehead atoms. The molecule has 2 nitrogen and oxygen atoms in total. The number of hydrogen-bond acceptors (Lipinski definition) is 1. The summed E-state index contributed by atoms with van der Waals surface area (Å²) in [4.78, 5) is 4.86. The predicted molar refractivity (Wildman–Crippen MR) is 159 cm³/mol. The van der Waals surface area contributed by atoms with E-state index in [0.717, 1.165) is 5.69 Å². The van der Waals surface area contributed by atoms with Crippen molar-refractivity contribution in [3.63, 3.8) is 0 Å². The summed E-state index contributed by atoms with van der Waals surface area (Å²) in [6.45, 7) is 11.2. The maximum Gasteiger partial charge on any atom is 0.245 e. The van der Waals surface area contributed by atoms with Crippen LogP contribution in [0.5, 0.6) is 0 Å². The summed E-state index contributed by atoms with van der Waals surface area (Å²) in [5.41, 5.74) is 16.7. The molecule has 2 aromatic heterocycles. The molecular formula is C34H29BN2. The van der Waals surface area contributed by atoms with Crippen LogP contribution in [0.3, 0.4) is 0 Å². The van der Waals surface area contributed by atoms with Crippen molar-refractivity contribution in [1.82, 2.24) is 9.55 Å². The van der Waals surface area contributed by atoms with Crippen LogP contribution in [-0.2, 0) is 0 Å². The van der Waals surface area contributed by atoms with Crippen LogP contribution >= 0.6 is 0 Å². The first-order valence-corrected chi connectivity index (χ1v) is 13.1. The summed E-state index contributed by atoms with van der Waals surface area (Å²) in [5.74, 6) is 0. The van der Waals surface area contributed by atoms with E-state index >= 15 is 0 Å². The Bertz CT molecular complexity index is 1810. The summed E-state index contributed by atoms with van der Waals surface area (Å²) < 4.78 is 2.44. The number of rotatable bonds is 2. The molecule has 1 aliphatic heterocycles. The summed E-state index contributed by atoms with van der Waals surface area (Å²) in [6.07, 6.45) is 1.92. The van der Waals surface area contributed by atoms with Gasteiger partial charge < -0.3 is 4.57 Å². The first-order chi connectivity index (χ1) is 17.9. The van der Waals surface area contributed by atoms with Crippen LogP contribution in [0.15, 0.2) is 85.1 Å². The van der Waals surface area contributed by atoms with E-state index in [-0.39, 0.29) is 6.71 Å². The molecule has 37 heavy (non-hydrogen) atoms. The van der Waals surface area contributed by atoms with Gasteiger partial charge in [0.15, 0.2) is 0 Å². The van der Waals surface area contributed by atoms with Crippen LogP contribution in [0.2, 0.25) is 0 Å². The fraction of sp³-hybridized carbons (Fsp3) is 0.147. The monoisotopic (exact) mass is 476 g/mol. The molecule has 0 atom stereocenters. The first-order valence-electron chi connectivity index (χ1n) is 13.1. The summed E-state index contributed by atoms with van der Waals surface area (Å²) in [7, 11) is 0. The Morgan fingerprint density at radius 2 is 1.27 bits per heavy atom. The number of pyridine rings is 1. The Labute approximate surface area is 218 Å². The second-order valence-corrected chi connectivity index (χ2v) is 10.8. The largest absolute Gasteiger partial charge is 0.309 e. The van der Waals surface area contributed by atoms with Crippen LogP contribution in [0.1, 0.15) is 27.8 Å². The van der Waals surface area contributed by atoms with Gasteiger partial charge >= 0.3 is 0 Å². The lowest BCUT2D eigenvalue weighted by Gasteiger charge is -2.18. The Morgan fingerprint density at radius 3 is 1.92 bits per heavy atom. The van der Waals surface area contributed by atoms with Crippen LogP contribution < -0.4 is 16.4 Å². The molecule has 3 heteroatoms. The van der Waals surface area contributed by atoms with Crippen molar-refractivity contribution in [3.8, 4) is 16.9 Å². The normalized spacial score (nSPS) is 12.4. The van der Waals surface area contributed by atoms with E-state index in [0.29, 0.717) is 0 Å². The Morgan fingerprint density at radius 1 is 0.622 bits per heavy atom. The average molecular weight is 476 g/mol. The van der Waals surface area contributed by atoms with Gasteiger partial charge in [0.1, 0.15) is 0 Å². The summed E-state index contributed by atoms with van der Waals surface area (Å²) in [5, 5.41) is 2.62. The third kappa shape index (κ3) is 3.23. The zero-order valence-electron chi connectivity index (χ0n) is 22.1. The highest BCUT2D eigenvalue weighted by atomic mass is 15.0. The van der Waals surface area contributed by atoms with Crippen LogP contribution in [0, 0.1) is 34.6 Å². The van der Waals surface area contributed by atoms with Crippen LogP contribution in [0.4, 0.5) is 0 Å². The van der Waals surface area contributed by atoms with Gasteiger partial charge in [-0.1, -0.05) is 75.1 Å². The number of aromatic nitrogens is 2. The first kappa shape index (κ1) is 22.1. The summed E-state index contributed by atoms with van der Waals surface area (Å²) in [6, 6.07) is 29.6. The third-order valence-electron chi connectivity index (χ3n) is 8.11. The zero-order valence-corrected chi connectivity index (χ0v) is 22.1. The molecule has 3 heterocycles. The number of benzene rings is 4. The summed E-state index contributed by atoms with van der Waals surface area (Å²) >= 11 is 0. The van der Waals surface area contributed by atoms with Gasteiger partial charge in [0.25, 0.3) is 0 Å². The second-order valence-electron chi connectivity index (χ2n) is 10.8. The van der Waals surface area contributed by atoms with Gasteiger partial charge in [0.2, 0.25) is 6.71 Å². The lowest BCUT2D eigenvalue weighted by Crippen LogP contribution is -2.51. The van der Waals surface area contributed by atoms with E-state index in [4.69, 9.17) is 4.98 Å². The highest BCUT2D eigenvalue weighted by Gasteiger charge is 2.36. The van der Waals surface area contributed by atoms with Gasteiger partial charge in [-0.3, -0.25) is 4.98 Å². The van der Waals surface area contributed by atoms with Gasteiger partial charge in [0.05, 0.1) is 16.7 Å². The number of hydrogen-bond donors (Lipinski definition) is 0. The van der Waals surface area contributed by atoms with Gasteiger partial charge in [-0.05, 0) is 88.1 Å². The number of nitrogens with zero attached hydrogens (tertiary/aromatic N) is 2. The van der Waals surface area contributed by atoms with Gasteiger partial charge in [-0.25, -0.2) is 0 Å². The van der Waals surface area contributed by atoms with Crippen molar-refractivity contribution < 1.29 is 0 Å². The molecule has 4 aromatic carbocycles. The van der Waals surface area contributed by atoms with Crippen molar-refractivity contribution in [2.75, 3.05) is 0 Å². The zero-order chi connectivity index (χ0) is 25.4. The molecule has 0 radical (unpaired) electrons. The standard InChI is InChI=1S/C34H29BN2/c1-20-8-12-31-27(17-20)28-18-21(2)9-13-32(28)37(31)25-10-11-26-30(19-25)35(29-7-6-14-36-34(26)29)33-23(4)15-22(3)16-24(33)5/h6-19H,1-5H3. The van der Waals surface area contributed by atoms with E-state index in [9.17, 15) is 0 Å². The minimum Gasteiger partial charge on any atom is -0.309 e. The Balaban J connectivity index is 1.53. The number of fused-ring (bicyclic) bond motifs is 6. The molecule has 6 aromatic rings. The second kappa shape index (κ2) is 7.95. The maximum atomic E-state index is 4.86. The topological polar surface area (TPSA) is 17.8 Å². The Kier molecular flexibility index (Phi) is 4.75. The highest BCUT2D eigenvalue weighted by Crippen LogP contribution is 2.34. The fourth-order valence-corrected chi connectivity index (χ4v) is 6.67. The van der Waals surface area contributed by atoms with Crippen molar-refractivity contribution in [2.45, 2.75) is 34.6 Å². The van der Waals surface area contributed by atoms with Crippen molar-refractivity contribution >= 4 is 44.9 Å². The van der Waals surface area contributed by atoms with E-state index in [2.05, 4.69) is 118 Å². The molecule has 0 N–H and O–H groups in total. The minimum atomic E-state index is 0.178. The van der Waals surface area contributed by atoms with Gasteiger partial charge in [-0.15, -0.1) is 0 Å². The molecule has 0 fully saturated rings. The minimum absolute atomic E-state index is 0.178. The lowest BCUT2D eigenvalue weighted by atomic mass is 9.37. The molecule has 0 unspecified atom stereocenters. The lowest BCUT2D eigenvalue weighted by molar-refractivity contribution is 1.18. The van der Waals surface area contributed by atoms with Gasteiger partial charge in [-0.2, -0.15) is 0 Å². The number of aryl methyl sites for hydroxylation is 5. The molecule has 7 rings (SSSR count). The molecule has 178 valence electrons. The molecule has 0 saturated heterocycles. The fourth-order valence-electron chi connectivity index (χ4n) is 6.67. The smallest absolute Gasteiger partial charge is 0.245 e. The Hall–Kier alpha value is -4.11. The van der Waals surface area contributed by atoms with Crippen molar-refractivity contribution in [2.24, 2.45) is 0 Å². The van der Waals surface area contributed by atoms with Crippen LogP contribution in [-0.4, -0.2) is 16.3 Å². The molecule has 1 aliphatic rings. The predicted octanol–water partition coefficient (Wildman–Crippen LogP) is 6.22. The molecule has 0 spiro atoms. The molecular weight excluding hydrogens is 447 g/mol. The van der Waals surface area contributed by atoms with E-state index in [1.165, 1.54) is 77.3 Å². The molecule has 0 saturated carbocycles. The van der Waals surface area contributed by atoms with E-state index < -0.39 is 0 Å². The van der Waals surface area contributed by atoms with E-state index in [1.54, 1.807) is 0 Å². The average Bonchev–Trinajstić information content (AvgIpc) is 3.35. The SMILES string of the molecule is Cc1cc(C)c(B2c3cc(-n4c5ccc(C)cc5c5cc(C)ccc54)ccc3-c3ncccc32)c(C)c1. The molecule has 0 amide bonds. The highest BCUT2D eigenvalue weighted by molar-refractivity contribution is 6.99. The maximum absolute atomic E-state index is 4.86. The van der Waals surface area contributed by atoms with Crippen LogP contribution in [0.25, 0.3) is 38.8 Å².